The van der Waals surface area contributed by atoms with Crippen LogP contribution in [0.4, 0.5) is 4.79 Å². The predicted octanol–water partition coefficient (Wildman–Crippen LogP) is 4.24. The molecule has 0 radical (unpaired) electrons. The Kier molecular flexibility index (Phi) is 5.24. The van der Waals surface area contributed by atoms with Crippen LogP contribution in [0.5, 0.6) is 5.75 Å². The van der Waals surface area contributed by atoms with Gasteiger partial charge in [0.15, 0.2) is 0 Å². The van der Waals surface area contributed by atoms with Gasteiger partial charge in [-0.05, 0) is 48.2 Å². The molecule has 0 unspecified atom stereocenters. The number of urea groups is 1. The van der Waals surface area contributed by atoms with Gasteiger partial charge in [-0.2, -0.15) is 0 Å². The Morgan fingerprint density at radius 1 is 1.11 bits per heavy atom. The number of piperidine rings is 1. The van der Waals surface area contributed by atoms with Crippen molar-refractivity contribution in [3.05, 3.63) is 65.9 Å². The fourth-order valence-corrected chi connectivity index (χ4v) is 3.72. The number of carbonyl (C=O) groups excluding carboxylic acids is 1. The molecule has 0 aliphatic carbocycles. The molecule has 1 aromatic heterocycles. The Labute approximate surface area is 165 Å². The van der Waals surface area contributed by atoms with E-state index in [4.69, 9.17) is 4.74 Å². The summed E-state index contributed by atoms with van der Waals surface area (Å²) in [6, 6.07) is 16.6. The molecule has 1 saturated heterocycles. The maximum absolute atomic E-state index is 12.5. The molecule has 5 nitrogen and oxygen atoms in total. The average molecular weight is 377 g/mol. The van der Waals surface area contributed by atoms with Crippen LogP contribution in [0, 0.1) is 6.92 Å². The lowest BCUT2D eigenvalue weighted by Crippen LogP contribution is -2.46. The molecule has 2 aromatic carbocycles. The molecule has 1 N–H and O–H groups in total. The van der Waals surface area contributed by atoms with Crippen molar-refractivity contribution >= 4 is 16.9 Å². The average Bonchev–Trinajstić information content (AvgIpc) is 3.09. The van der Waals surface area contributed by atoms with Gasteiger partial charge in [-0.25, -0.2) is 4.79 Å². The largest absolute Gasteiger partial charge is 0.490 e. The first-order valence-electron chi connectivity index (χ1n) is 9.88. The van der Waals surface area contributed by atoms with Crippen molar-refractivity contribution in [3.8, 4) is 5.75 Å². The first-order chi connectivity index (χ1) is 13.6. The summed E-state index contributed by atoms with van der Waals surface area (Å²) in [6.45, 7) is 4.06. The number of aryl methyl sites for hydroxylation is 2. The van der Waals surface area contributed by atoms with Crippen molar-refractivity contribution in [2.24, 2.45) is 7.05 Å². The zero-order valence-electron chi connectivity index (χ0n) is 16.5. The zero-order chi connectivity index (χ0) is 19.5. The quantitative estimate of drug-likeness (QED) is 0.739. The highest BCUT2D eigenvalue weighted by Crippen LogP contribution is 2.20. The van der Waals surface area contributed by atoms with Crippen molar-refractivity contribution in [1.82, 2.24) is 14.8 Å². The molecule has 1 aliphatic rings. The summed E-state index contributed by atoms with van der Waals surface area (Å²) in [7, 11) is 2.04. The molecule has 2 heterocycles. The third-order valence-corrected chi connectivity index (χ3v) is 5.45. The summed E-state index contributed by atoms with van der Waals surface area (Å²) in [6.07, 6.45) is 3.94. The van der Waals surface area contributed by atoms with Crippen LogP contribution in [0.3, 0.4) is 0 Å². The fraction of sp³-hybridized carbons (Fsp3) is 0.348. The monoisotopic (exact) mass is 377 g/mol. The van der Waals surface area contributed by atoms with E-state index in [1.807, 2.05) is 24.1 Å². The lowest BCUT2D eigenvalue weighted by atomic mass is 10.1. The first-order valence-corrected chi connectivity index (χ1v) is 9.88. The van der Waals surface area contributed by atoms with Crippen molar-refractivity contribution < 1.29 is 9.53 Å². The molecule has 5 heteroatoms. The van der Waals surface area contributed by atoms with Crippen LogP contribution < -0.4 is 10.1 Å². The van der Waals surface area contributed by atoms with Gasteiger partial charge >= 0.3 is 6.03 Å². The number of carbonyl (C=O) groups is 1. The number of fused-ring (bicyclic) bond motifs is 1. The Morgan fingerprint density at radius 3 is 2.61 bits per heavy atom. The molecule has 4 rings (SSSR count). The zero-order valence-corrected chi connectivity index (χ0v) is 16.5. The molecule has 0 spiro atoms. The van der Waals surface area contributed by atoms with Gasteiger partial charge < -0.3 is 19.5 Å². The molecule has 1 aliphatic heterocycles. The number of rotatable bonds is 4. The molecule has 146 valence electrons. The van der Waals surface area contributed by atoms with Crippen LogP contribution >= 0.6 is 0 Å². The number of nitrogens with zero attached hydrogens (tertiary/aromatic N) is 2. The van der Waals surface area contributed by atoms with E-state index in [1.165, 1.54) is 16.5 Å². The van der Waals surface area contributed by atoms with E-state index in [0.29, 0.717) is 6.54 Å². The number of ether oxygens (including phenoxy) is 1. The Bertz CT molecular complexity index is 954. The van der Waals surface area contributed by atoms with E-state index in [1.54, 1.807) is 0 Å². The van der Waals surface area contributed by atoms with Crippen LogP contribution in [0.1, 0.15) is 24.0 Å². The van der Waals surface area contributed by atoms with Gasteiger partial charge in [0.2, 0.25) is 0 Å². The predicted molar refractivity (Wildman–Crippen MR) is 112 cm³/mol. The number of amides is 2. The summed E-state index contributed by atoms with van der Waals surface area (Å²) in [4.78, 5) is 14.4. The van der Waals surface area contributed by atoms with Gasteiger partial charge in [0.25, 0.3) is 0 Å². The molecule has 2 amide bonds. The fourth-order valence-electron chi connectivity index (χ4n) is 3.72. The highest BCUT2D eigenvalue weighted by atomic mass is 16.5. The van der Waals surface area contributed by atoms with Gasteiger partial charge in [0, 0.05) is 51.2 Å². The minimum absolute atomic E-state index is 0.00180. The highest BCUT2D eigenvalue weighted by molar-refractivity contribution is 5.81. The number of benzene rings is 2. The molecule has 28 heavy (non-hydrogen) atoms. The summed E-state index contributed by atoms with van der Waals surface area (Å²) < 4.78 is 8.15. The third-order valence-electron chi connectivity index (χ3n) is 5.45. The van der Waals surface area contributed by atoms with Crippen molar-refractivity contribution in [2.75, 3.05) is 13.1 Å². The second-order valence-electron chi connectivity index (χ2n) is 7.60. The maximum atomic E-state index is 12.5. The number of likely N-dealkylation sites (tertiary alicyclic amines) is 1. The van der Waals surface area contributed by atoms with Crippen LogP contribution in [0.25, 0.3) is 10.9 Å². The summed E-state index contributed by atoms with van der Waals surface area (Å²) in [5.74, 6) is 0.907. The van der Waals surface area contributed by atoms with Gasteiger partial charge in [0.05, 0.1) is 0 Å². The van der Waals surface area contributed by atoms with E-state index >= 15 is 0 Å². The summed E-state index contributed by atoms with van der Waals surface area (Å²) >= 11 is 0. The van der Waals surface area contributed by atoms with E-state index in [9.17, 15) is 4.79 Å². The standard InChI is InChI=1S/C23H27N3O2/c1-17-3-6-20(7-4-17)28-21-10-13-26(14-11-21)23(27)24-16-18-5-8-22-19(15-18)9-12-25(22)2/h3-9,12,15,21H,10-11,13-14,16H2,1-2H3,(H,24,27). The Morgan fingerprint density at radius 2 is 1.86 bits per heavy atom. The molecular formula is C23H27N3O2. The smallest absolute Gasteiger partial charge is 0.317 e. The lowest BCUT2D eigenvalue weighted by Gasteiger charge is -2.32. The summed E-state index contributed by atoms with van der Waals surface area (Å²) in [5, 5.41) is 4.25. The number of hydrogen-bond donors (Lipinski definition) is 1. The van der Waals surface area contributed by atoms with Crippen LogP contribution in [0.15, 0.2) is 54.7 Å². The second kappa shape index (κ2) is 7.97. The molecule has 0 saturated carbocycles. The van der Waals surface area contributed by atoms with Crippen molar-refractivity contribution in [2.45, 2.75) is 32.4 Å². The molecular weight excluding hydrogens is 350 g/mol. The highest BCUT2D eigenvalue weighted by Gasteiger charge is 2.23. The van der Waals surface area contributed by atoms with Gasteiger partial charge in [-0.1, -0.05) is 23.8 Å². The van der Waals surface area contributed by atoms with E-state index in [0.717, 1.165) is 37.2 Å². The normalized spacial score (nSPS) is 15.0. The summed E-state index contributed by atoms with van der Waals surface area (Å²) in [5.41, 5.74) is 3.54. The van der Waals surface area contributed by atoms with Crippen LogP contribution in [-0.2, 0) is 13.6 Å². The Hall–Kier alpha value is -2.95. The van der Waals surface area contributed by atoms with E-state index in [2.05, 4.69) is 59.4 Å². The van der Waals surface area contributed by atoms with Gasteiger partial charge in [0.1, 0.15) is 11.9 Å². The maximum Gasteiger partial charge on any atom is 0.317 e. The lowest BCUT2D eigenvalue weighted by molar-refractivity contribution is 0.111. The van der Waals surface area contributed by atoms with Crippen LogP contribution in [-0.4, -0.2) is 34.7 Å². The topological polar surface area (TPSA) is 46.5 Å². The van der Waals surface area contributed by atoms with E-state index in [-0.39, 0.29) is 12.1 Å². The minimum atomic E-state index is 0.00180. The second-order valence-corrected chi connectivity index (χ2v) is 7.60. The first kappa shape index (κ1) is 18.4. The minimum Gasteiger partial charge on any atom is -0.490 e. The third kappa shape index (κ3) is 4.14. The Balaban J connectivity index is 1.25. The van der Waals surface area contributed by atoms with Crippen LogP contribution in [0.2, 0.25) is 0 Å². The SMILES string of the molecule is Cc1ccc(OC2CCN(C(=O)NCc3ccc4c(ccn4C)c3)CC2)cc1. The number of hydrogen-bond acceptors (Lipinski definition) is 2. The molecule has 1 fully saturated rings. The molecule has 0 bridgehead atoms. The molecule has 0 atom stereocenters. The number of aromatic nitrogens is 1. The van der Waals surface area contributed by atoms with Gasteiger partial charge in [-0.15, -0.1) is 0 Å². The van der Waals surface area contributed by atoms with Crippen molar-refractivity contribution in [1.29, 1.82) is 0 Å². The van der Waals surface area contributed by atoms with E-state index < -0.39 is 0 Å². The molecule has 3 aromatic rings. The van der Waals surface area contributed by atoms with Crippen molar-refractivity contribution in [3.63, 3.8) is 0 Å². The van der Waals surface area contributed by atoms with Gasteiger partial charge in [-0.3, -0.25) is 0 Å². The number of nitrogens with one attached hydrogen (secondary N) is 1.